The Kier molecular flexibility index (Phi) is 5.02. The number of carbonyl (C=O) groups is 1. The Morgan fingerprint density at radius 1 is 1.10 bits per heavy atom. The molecule has 2 fully saturated rings. The van der Waals surface area contributed by atoms with E-state index in [1.165, 1.54) is 0 Å². The van der Waals surface area contributed by atoms with Gasteiger partial charge in [0.1, 0.15) is 0 Å². The number of nitrogens with zero attached hydrogens (tertiary/aromatic N) is 2. The Morgan fingerprint density at radius 3 is 2.10 bits per heavy atom. The summed E-state index contributed by atoms with van der Waals surface area (Å²) >= 11 is 0. The van der Waals surface area contributed by atoms with Gasteiger partial charge < -0.3 is 9.80 Å². The van der Waals surface area contributed by atoms with E-state index in [9.17, 15) is 4.79 Å². The van der Waals surface area contributed by atoms with Crippen LogP contribution >= 0.6 is 0 Å². The van der Waals surface area contributed by atoms with Crippen molar-refractivity contribution in [3.63, 3.8) is 0 Å². The Labute approximate surface area is 131 Å². The van der Waals surface area contributed by atoms with Gasteiger partial charge in [-0.05, 0) is 57.0 Å². The third-order valence-electron chi connectivity index (χ3n) is 5.74. The van der Waals surface area contributed by atoms with Gasteiger partial charge in [-0.15, -0.1) is 0 Å². The summed E-state index contributed by atoms with van der Waals surface area (Å²) in [6.45, 7) is 17.8. The average molecular weight is 294 g/mol. The normalized spacial score (nSPS) is 27.8. The van der Waals surface area contributed by atoms with Gasteiger partial charge in [-0.1, -0.05) is 27.7 Å². The fraction of sp³-hybridized carbons (Fsp3) is 0.944. The standard InChI is InChI=1S/C18H34N2O/c1-13(2)16-11-20(12-18(16,5)6)17(21)15-7-9-19(10-8-15)14(3)4/h13-16H,7-12H2,1-6H3. The highest BCUT2D eigenvalue weighted by molar-refractivity contribution is 5.79. The van der Waals surface area contributed by atoms with Crippen LogP contribution in [0.15, 0.2) is 0 Å². The van der Waals surface area contributed by atoms with Crippen molar-refractivity contribution in [3.8, 4) is 0 Å². The van der Waals surface area contributed by atoms with Crippen molar-refractivity contribution in [2.45, 2.75) is 60.4 Å². The summed E-state index contributed by atoms with van der Waals surface area (Å²) in [5.74, 6) is 1.98. The highest BCUT2D eigenvalue weighted by Gasteiger charge is 2.43. The first-order chi connectivity index (χ1) is 9.72. The second-order valence-electron chi connectivity index (χ2n) is 8.46. The van der Waals surface area contributed by atoms with E-state index >= 15 is 0 Å². The molecule has 2 saturated heterocycles. The zero-order valence-corrected chi connectivity index (χ0v) is 14.9. The lowest BCUT2D eigenvalue weighted by atomic mass is 9.76. The third kappa shape index (κ3) is 3.61. The maximum Gasteiger partial charge on any atom is 0.225 e. The second-order valence-corrected chi connectivity index (χ2v) is 8.46. The Hall–Kier alpha value is -0.570. The van der Waals surface area contributed by atoms with Gasteiger partial charge in [0.2, 0.25) is 5.91 Å². The SMILES string of the molecule is CC(C)C1CN(C(=O)C2CCN(C(C)C)CC2)CC1(C)C. The maximum absolute atomic E-state index is 12.8. The number of rotatable bonds is 3. The van der Waals surface area contributed by atoms with Crippen molar-refractivity contribution in [3.05, 3.63) is 0 Å². The van der Waals surface area contributed by atoms with Crippen molar-refractivity contribution < 1.29 is 4.79 Å². The predicted octanol–water partition coefficient (Wildman–Crippen LogP) is 3.25. The third-order valence-corrected chi connectivity index (χ3v) is 5.74. The molecule has 0 aromatic heterocycles. The van der Waals surface area contributed by atoms with E-state index in [1.807, 2.05) is 0 Å². The molecule has 0 aliphatic carbocycles. The molecular formula is C18H34N2O. The van der Waals surface area contributed by atoms with Crippen LogP contribution in [0.1, 0.15) is 54.4 Å². The van der Waals surface area contributed by atoms with Crippen molar-refractivity contribution >= 4 is 5.91 Å². The van der Waals surface area contributed by atoms with E-state index in [4.69, 9.17) is 0 Å². The smallest absolute Gasteiger partial charge is 0.225 e. The first-order valence-electron chi connectivity index (χ1n) is 8.75. The molecule has 122 valence electrons. The fourth-order valence-electron chi connectivity index (χ4n) is 4.36. The van der Waals surface area contributed by atoms with Crippen LogP contribution in [0, 0.1) is 23.2 Å². The molecule has 2 heterocycles. The number of piperidine rings is 1. The molecule has 0 bridgehead atoms. The van der Waals surface area contributed by atoms with E-state index in [2.05, 4.69) is 51.3 Å². The van der Waals surface area contributed by atoms with Crippen LogP contribution < -0.4 is 0 Å². The van der Waals surface area contributed by atoms with E-state index in [0.29, 0.717) is 23.8 Å². The first-order valence-corrected chi connectivity index (χ1v) is 8.75. The number of hydrogen-bond donors (Lipinski definition) is 0. The lowest BCUT2D eigenvalue weighted by Crippen LogP contribution is -2.44. The number of carbonyl (C=O) groups excluding carboxylic acids is 1. The second kappa shape index (κ2) is 6.28. The fourth-order valence-corrected chi connectivity index (χ4v) is 4.36. The molecule has 0 N–H and O–H groups in total. The summed E-state index contributed by atoms with van der Waals surface area (Å²) in [5, 5.41) is 0. The van der Waals surface area contributed by atoms with Crippen molar-refractivity contribution in [1.82, 2.24) is 9.80 Å². The van der Waals surface area contributed by atoms with Crippen molar-refractivity contribution in [1.29, 1.82) is 0 Å². The molecule has 2 rings (SSSR count). The van der Waals surface area contributed by atoms with Gasteiger partial charge in [0, 0.05) is 25.0 Å². The van der Waals surface area contributed by atoms with Gasteiger partial charge in [0.15, 0.2) is 0 Å². The zero-order chi connectivity index (χ0) is 15.8. The van der Waals surface area contributed by atoms with E-state index in [-0.39, 0.29) is 11.3 Å². The zero-order valence-electron chi connectivity index (χ0n) is 14.9. The van der Waals surface area contributed by atoms with Gasteiger partial charge in [-0.25, -0.2) is 0 Å². The summed E-state index contributed by atoms with van der Waals surface area (Å²) in [6.07, 6.45) is 2.08. The first kappa shape index (κ1) is 16.8. The molecule has 1 atom stereocenters. The minimum Gasteiger partial charge on any atom is -0.342 e. The van der Waals surface area contributed by atoms with Crippen LogP contribution in [0.4, 0.5) is 0 Å². The van der Waals surface area contributed by atoms with Gasteiger partial charge in [-0.3, -0.25) is 4.79 Å². The molecular weight excluding hydrogens is 260 g/mol. The highest BCUT2D eigenvalue weighted by atomic mass is 16.2. The topological polar surface area (TPSA) is 23.6 Å². The lowest BCUT2D eigenvalue weighted by Gasteiger charge is -2.35. The molecule has 0 radical (unpaired) electrons. The monoisotopic (exact) mass is 294 g/mol. The van der Waals surface area contributed by atoms with Crippen LogP contribution in [0.5, 0.6) is 0 Å². The molecule has 21 heavy (non-hydrogen) atoms. The minimum atomic E-state index is 0.265. The Balaban J connectivity index is 1.93. The van der Waals surface area contributed by atoms with Gasteiger partial charge >= 0.3 is 0 Å². The van der Waals surface area contributed by atoms with Crippen LogP contribution in [-0.4, -0.2) is 47.9 Å². The lowest BCUT2D eigenvalue weighted by molar-refractivity contribution is -0.136. The van der Waals surface area contributed by atoms with Gasteiger partial charge in [-0.2, -0.15) is 0 Å². The highest BCUT2D eigenvalue weighted by Crippen LogP contribution is 2.40. The Morgan fingerprint density at radius 2 is 1.67 bits per heavy atom. The van der Waals surface area contributed by atoms with Crippen LogP contribution in [-0.2, 0) is 4.79 Å². The van der Waals surface area contributed by atoms with E-state index < -0.39 is 0 Å². The number of likely N-dealkylation sites (tertiary alicyclic amines) is 2. The summed E-state index contributed by atoms with van der Waals surface area (Å²) in [7, 11) is 0. The predicted molar refractivity (Wildman–Crippen MR) is 88.1 cm³/mol. The molecule has 0 aromatic carbocycles. The van der Waals surface area contributed by atoms with Crippen molar-refractivity contribution in [2.75, 3.05) is 26.2 Å². The number of hydrogen-bond acceptors (Lipinski definition) is 2. The van der Waals surface area contributed by atoms with Gasteiger partial charge in [0.25, 0.3) is 0 Å². The summed E-state index contributed by atoms with van der Waals surface area (Å²) < 4.78 is 0. The van der Waals surface area contributed by atoms with Gasteiger partial charge in [0.05, 0.1) is 0 Å². The maximum atomic E-state index is 12.8. The Bertz CT molecular complexity index is 367. The van der Waals surface area contributed by atoms with Crippen LogP contribution in [0.3, 0.4) is 0 Å². The molecule has 3 heteroatoms. The molecule has 0 spiro atoms. The summed E-state index contributed by atoms with van der Waals surface area (Å²) in [6, 6.07) is 0.608. The van der Waals surface area contributed by atoms with Crippen LogP contribution in [0.2, 0.25) is 0 Å². The quantitative estimate of drug-likeness (QED) is 0.798. The molecule has 1 amide bonds. The van der Waals surface area contributed by atoms with E-state index in [1.54, 1.807) is 0 Å². The molecule has 0 aromatic rings. The summed E-state index contributed by atoms with van der Waals surface area (Å²) in [5.41, 5.74) is 0.266. The molecule has 3 nitrogen and oxygen atoms in total. The largest absolute Gasteiger partial charge is 0.342 e. The molecule has 1 unspecified atom stereocenters. The van der Waals surface area contributed by atoms with Crippen LogP contribution in [0.25, 0.3) is 0 Å². The number of amides is 1. The minimum absolute atomic E-state index is 0.265. The molecule has 2 aliphatic heterocycles. The average Bonchev–Trinajstić information content (AvgIpc) is 2.74. The van der Waals surface area contributed by atoms with E-state index in [0.717, 1.165) is 39.0 Å². The summed E-state index contributed by atoms with van der Waals surface area (Å²) in [4.78, 5) is 17.5. The molecule has 0 saturated carbocycles. The van der Waals surface area contributed by atoms with Crippen molar-refractivity contribution in [2.24, 2.45) is 23.2 Å². The molecule has 2 aliphatic rings.